The van der Waals surface area contributed by atoms with E-state index in [0.717, 1.165) is 6.42 Å². The van der Waals surface area contributed by atoms with Crippen LogP contribution in [-0.4, -0.2) is 47.3 Å². The van der Waals surface area contributed by atoms with E-state index in [2.05, 4.69) is 83.1 Å². The van der Waals surface area contributed by atoms with E-state index in [0.29, 0.717) is 25.6 Å². The Hall–Kier alpha value is -0.160. The molecule has 4 nitrogen and oxygen atoms in total. The van der Waals surface area contributed by atoms with E-state index in [-0.39, 0.29) is 34.2 Å². The van der Waals surface area contributed by atoms with E-state index in [4.69, 9.17) is 14.2 Å². The standard InChI is InChI=1S/C26H54O4/c1-19(2)30-21(4)17-22(5,6)25(11,12)29-18-20(3)24(9,10)26(13,14)28-16-15-23(7,8)27/h19-21,27H,15-18H2,1-14H3. The van der Waals surface area contributed by atoms with E-state index in [1.165, 1.54) is 0 Å². The second-order valence-electron chi connectivity index (χ2n) is 12.4. The number of aliphatic hydroxyl groups is 1. The van der Waals surface area contributed by atoms with Gasteiger partial charge in [0.2, 0.25) is 0 Å². The Morgan fingerprint density at radius 1 is 0.733 bits per heavy atom. The SMILES string of the molecule is CC(C)OC(C)CC(C)(C)C(C)(C)OCC(C)C(C)(C)C(C)(C)OCCC(C)(C)O. The van der Waals surface area contributed by atoms with Crippen molar-refractivity contribution in [1.82, 2.24) is 0 Å². The summed E-state index contributed by atoms with van der Waals surface area (Å²) in [5, 5.41) is 9.98. The summed E-state index contributed by atoms with van der Waals surface area (Å²) in [6.45, 7) is 31.1. The van der Waals surface area contributed by atoms with Crippen LogP contribution in [0.5, 0.6) is 0 Å². The molecule has 0 radical (unpaired) electrons. The van der Waals surface area contributed by atoms with E-state index in [1.54, 1.807) is 0 Å². The first-order valence-corrected chi connectivity index (χ1v) is 11.8. The number of rotatable bonds is 14. The lowest BCUT2D eigenvalue weighted by atomic mass is 9.68. The summed E-state index contributed by atoms with van der Waals surface area (Å²) in [4.78, 5) is 0. The van der Waals surface area contributed by atoms with Crippen molar-refractivity contribution in [2.24, 2.45) is 16.7 Å². The summed E-state index contributed by atoms with van der Waals surface area (Å²) < 4.78 is 18.8. The fraction of sp³-hybridized carbons (Fsp3) is 1.00. The van der Waals surface area contributed by atoms with Gasteiger partial charge in [-0.05, 0) is 91.9 Å². The van der Waals surface area contributed by atoms with Gasteiger partial charge in [-0.2, -0.15) is 0 Å². The van der Waals surface area contributed by atoms with Crippen LogP contribution in [0, 0.1) is 16.7 Å². The second-order valence-corrected chi connectivity index (χ2v) is 12.4. The average molecular weight is 431 g/mol. The highest BCUT2D eigenvalue weighted by Crippen LogP contribution is 2.43. The molecular formula is C26H54O4. The molecule has 0 spiro atoms. The molecule has 2 unspecified atom stereocenters. The molecule has 0 fully saturated rings. The molecule has 0 aromatic heterocycles. The minimum absolute atomic E-state index is 0.0239. The molecule has 0 heterocycles. The molecule has 0 rings (SSSR count). The lowest BCUT2D eigenvalue weighted by Crippen LogP contribution is -2.50. The van der Waals surface area contributed by atoms with Crippen molar-refractivity contribution in [3.05, 3.63) is 0 Å². The molecule has 4 heteroatoms. The van der Waals surface area contributed by atoms with Crippen molar-refractivity contribution in [3.63, 3.8) is 0 Å². The Bertz CT molecular complexity index is 498. The Morgan fingerprint density at radius 3 is 1.67 bits per heavy atom. The van der Waals surface area contributed by atoms with Gasteiger partial charge in [-0.15, -0.1) is 0 Å². The minimum atomic E-state index is -0.707. The Morgan fingerprint density at radius 2 is 1.23 bits per heavy atom. The van der Waals surface area contributed by atoms with Crippen LogP contribution in [0.1, 0.15) is 110 Å². The van der Waals surface area contributed by atoms with E-state index in [9.17, 15) is 5.11 Å². The lowest BCUT2D eigenvalue weighted by molar-refractivity contribution is -0.166. The summed E-state index contributed by atoms with van der Waals surface area (Å²) in [5.41, 5.74) is -1.44. The molecular weight excluding hydrogens is 376 g/mol. The summed E-state index contributed by atoms with van der Waals surface area (Å²) in [5.74, 6) is 0.300. The number of ether oxygens (including phenoxy) is 3. The molecule has 0 bridgehead atoms. The maximum absolute atomic E-state index is 9.98. The van der Waals surface area contributed by atoms with Gasteiger partial charge in [0.15, 0.2) is 0 Å². The fourth-order valence-electron chi connectivity index (χ4n) is 3.55. The molecule has 0 saturated carbocycles. The van der Waals surface area contributed by atoms with Crippen LogP contribution in [0.3, 0.4) is 0 Å². The van der Waals surface area contributed by atoms with Crippen LogP contribution in [0.25, 0.3) is 0 Å². The number of hydrogen-bond acceptors (Lipinski definition) is 4. The van der Waals surface area contributed by atoms with Crippen LogP contribution < -0.4 is 0 Å². The van der Waals surface area contributed by atoms with Gasteiger partial charge >= 0.3 is 0 Å². The Kier molecular flexibility index (Phi) is 10.6. The van der Waals surface area contributed by atoms with Crippen molar-refractivity contribution < 1.29 is 19.3 Å². The van der Waals surface area contributed by atoms with Gasteiger partial charge in [0.25, 0.3) is 0 Å². The van der Waals surface area contributed by atoms with Gasteiger partial charge < -0.3 is 19.3 Å². The average Bonchev–Trinajstić information content (AvgIpc) is 2.49. The molecule has 0 saturated heterocycles. The largest absolute Gasteiger partial charge is 0.390 e. The predicted molar refractivity (Wildman–Crippen MR) is 128 cm³/mol. The highest BCUT2D eigenvalue weighted by atomic mass is 16.5. The van der Waals surface area contributed by atoms with Gasteiger partial charge in [-0.3, -0.25) is 0 Å². The predicted octanol–water partition coefficient (Wildman–Crippen LogP) is 6.63. The highest BCUT2D eigenvalue weighted by Gasteiger charge is 2.45. The molecule has 0 aliphatic heterocycles. The summed E-state index contributed by atoms with van der Waals surface area (Å²) in [6.07, 6.45) is 2.00. The van der Waals surface area contributed by atoms with Gasteiger partial charge in [0.1, 0.15) is 0 Å². The molecule has 2 atom stereocenters. The van der Waals surface area contributed by atoms with Crippen LogP contribution in [0.4, 0.5) is 0 Å². The topological polar surface area (TPSA) is 47.9 Å². The van der Waals surface area contributed by atoms with E-state index in [1.807, 2.05) is 13.8 Å². The molecule has 182 valence electrons. The zero-order valence-electron chi connectivity index (χ0n) is 22.7. The van der Waals surface area contributed by atoms with Crippen molar-refractivity contribution in [3.8, 4) is 0 Å². The number of hydrogen-bond donors (Lipinski definition) is 1. The molecule has 0 aromatic carbocycles. The first-order chi connectivity index (χ1) is 13.1. The minimum Gasteiger partial charge on any atom is -0.390 e. The third-order valence-corrected chi connectivity index (χ3v) is 7.59. The van der Waals surface area contributed by atoms with Crippen molar-refractivity contribution >= 4 is 0 Å². The van der Waals surface area contributed by atoms with Crippen molar-refractivity contribution in [1.29, 1.82) is 0 Å². The second kappa shape index (κ2) is 10.6. The summed E-state index contributed by atoms with van der Waals surface area (Å²) in [6, 6.07) is 0. The zero-order chi connectivity index (χ0) is 24.2. The van der Waals surface area contributed by atoms with E-state index < -0.39 is 5.60 Å². The smallest absolute Gasteiger partial charge is 0.0680 e. The molecule has 1 N–H and O–H groups in total. The van der Waals surface area contributed by atoms with Gasteiger partial charge in [-0.25, -0.2) is 0 Å². The zero-order valence-corrected chi connectivity index (χ0v) is 22.7. The van der Waals surface area contributed by atoms with Crippen LogP contribution in [-0.2, 0) is 14.2 Å². The summed E-state index contributed by atoms with van der Waals surface area (Å²) >= 11 is 0. The summed E-state index contributed by atoms with van der Waals surface area (Å²) in [7, 11) is 0. The highest BCUT2D eigenvalue weighted by molar-refractivity contribution is 4.94. The van der Waals surface area contributed by atoms with Crippen LogP contribution in [0.2, 0.25) is 0 Å². The molecule has 0 aliphatic carbocycles. The lowest BCUT2D eigenvalue weighted by Gasteiger charge is -2.48. The maximum atomic E-state index is 9.98. The Labute approximate surface area is 188 Å². The molecule has 0 aromatic rings. The Balaban J connectivity index is 5.02. The van der Waals surface area contributed by atoms with Crippen molar-refractivity contribution in [2.75, 3.05) is 13.2 Å². The third-order valence-electron chi connectivity index (χ3n) is 7.59. The normalized spacial score (nSPS) is 16.8. The fourth-order valence-corrected chi connectivity index (χ4v) is 3.55. The van der Waals surface area contributed by atoms with Crippen LogP contribution >= 0.6 is 0 Å². The van der Waals surface area contributed by atoms with Crippen molar-refractivity contribution in [2.45, 2.75) is 139 Å². The first-order valence-electron chi connectivity index (χ1n) is 11.8. The van der Waals surface area contributed by atoms with Gasteiger partial charge in [0.05, 0.1) is 42.2 Å². The third kappa shape index (κ3) is 9.14. The molecule has 0 aliphatic rings. The molecule has 0 amide bonds. The quantitative estimate of drug-likeness (QED) is 0.336. The van der Waals surface area contributed by atoms with Gasteiger partial charge in [-0.1, -0.05) is 34.6 Å². The van der Waals surface area contributed by atoms with Gasteiger partial charge in [0, 0.05) is 0 Å². The first kappa shape index (κ1) is 29.8. The maximum Gasteiger partial charge on any atom is 0.0680 e. The van der Waals surface area contributed by atoms with E-state index >= 15 is 0 Å². The molecule has 30 heavy (non-hydrogen) atoms. The monoisotopic (exact) mass is 430 g/mol. The van der Waals surface area contributed by atoms with Crippen LogP contribution in [0.15, 0.2) is 0 Å².